The Labute approximate surface area is 183 Å². The zero-order valence-electron chi connectivity index (χ0n) is 17.0. The number of rotatable bonds is 13. The number of phenols is 1. The quantitative estimate of drug-likeness (QED) is 0.179. The largest absolute Gasteiger partial charge is 0.508 e. The van der Waals surface area contributed by atoms with Gasteiger partial charge in [-0.2, -0.15) is 11.8 Å². The Bertz CT molecular complexity index is 760. The molecule has 31 heavy (non-hydrogen) atoms. The van der Waals surface area contributed by atoms with Gasteiger partial charge in [0.05, 0.1) is 6.61 Å². The molecule has 1 rings (SSSR count). The van der Waals surface area contributed by atoms with Crippen LogP contribution in [0.2, 0.25) is 0 Å². The number of carboxylic acid groups (broad SMARTS) is 1. The number of phenolic OH excluding ortho intramolecular Hbond substituents is 1. The zero-order chi connectivity index (χ0) is 23.4. The summed E-state index contributed by atoms with van der Waals surface area (Å²) in [5, 5.41) is 34.5. The average Bonchev–Trinajstić information content (AvgIpc) is 2.74. The van der Waals surface area contributed by atoms with Gasteiger partial charge in [-0.15, -0.1) is 0 Å². The number of thioether (sulfide) groups is 1. The van der Waals surface area contributed by atoms with Gasteiger partial charge in [0.1, 0.15) is 30.4 Å². The Hall–Kier alpha value is -2.83. The number of carbonyl (C=O) groups is 4. The van der Waals surface area contributed by atoms with Crippen LogP contribution in [0.4, 0.5) is 0 Å². The van der Waals surface area contributed by atoms with Crippen LogP contribution in [0.3, 0.4) is 0 Å². The molecule has 3 amide bonds. The molecule has 0 aliphatic rings. The summed E-state index contributed by atoms with van der Waals surface area (Å²) >= 11 is 1.45. The van der Waals surface area contributed by atoms with E-state index in [-0.39, 0.29) is 18.6 Å². The normalized spacial score (nSPS) is 13.5. The fraction of sp³-hybridized carbons (Fsp3) is 0.474. The van der Waals surface area contributed by atoms with Gasteiger partial charge in [-0.05, 0) is 36.1 Å². The molecule has 0 aromatic heterocycles. The molecular weight excluding hydrogens is 428 g/mol. The highest BCUT2D eigenvalue weighted by Gasteiger charge is 2.28. The molecule has 0 bridgehead atoms. The minimum atomic E-state index is -1.24. The van der Waals surface area contributed by atoms with Gasteiger partial charge in [0.2, 0.25) is 17.7 Å². The van der Waals surface area contributed by atoms with Crippen molar-refractivity contribution in [2.75, 3.05) is 25.2 Å². The minimum Gasteiger partial charge on any atom is -0.508 e. The first kappa shape index (κ1) is 26.2. The number of aliphatic hydroxyl groups excluding tert-OH is 1. The van der Waals surface area contributed by atoms with Gasteiger partial charge >= 0.3 is 5.97 Å². The van der Waals surface area contributed by atoms with Gasteiger partial charge in [-0.3, -0.25) is 19.2 Å². The summed E-state index contributed by atoms with van der Waals surface area (Å²) < 4.78 is 0. The molecule has 0 aliphatic heterocycles. The summed E-state index contributed by atoms with van der Waals surface area (Å²) in [6.45, 7) is -1.22. The van der Waals surface area contributed by atoms with Crippen LogP contribution in [-0.2, 0) is 25.6 Å². The monoisotopic (exact) mass is 456 g/mol. The topological polar surface area (TPSA) is 191 Å². The van der Waals surface area contributed by atoms with Crippen LogP contribution < -0.4 is 21.7 Å². The number of nitrogens with two attached hydrogens (primary N) is 1. The molecule has 0 saturated carbocycles. The van der Waals surface area contributed by atoms with Crippen LogP contribution in [0.25, 0.3) is 0 Å². The van der Waals surface area contributed by atoms with Crippen molar-refractivity contribution in [3.63, 3.8) is 0 Å². The molecule has 3 unspecified atom stereocenters. The third-order valence-electron chi connectivity index (χ3n) is 4.20. The lowest BCUT2D eigenvalue weighted by Gasteiger charge is -2.24. The van der Waals surface area contributed by atoms with Crippen LogP contribution >= 0.6 is 11.8 Å². The number of hydrogen-bond acceptors (Lipinski definition) is 8. The number of aliphatic carboxylic acids is 1. The number of amides is 3. The molecule has 1 aromatic rings. The molecule has 0 spiro atoms. The number of carbonyl (C=O) groups excluding carboxylic acids is 3. The van der Waals surface area contributed by atoms with E-state index in [0.29, 0.717) is 11.3 Å². The molecule has 0 aliphatic carbocycles. The first-order valence-corrected chi connectivity index (χ1v) is 10.8. The highest BCUT2D eigenvalue weighted by molar-refractivity contribution is 7.98. The maximum absolute atomic E-state index is 12.8. The van der Waals surface area contributed by atoms with Crippen molar-refractivity contribution >= 4 is 35.5 Å². The van der Waals surface area contributed by atoms with E-state index >= 15 is 0 Å². The Morgan fingerprint density at radius 1 is 1.03 bits per heavy atom. The molecule has 172 valence electrons. The SMILES string of the molecule is CSCCC(NC(=O)C(N)CO)C(=O)NC(Cc1ccc(O)cc1)C(=O)NCC(=O)O. The van der Waals surface area contributed by atoms with Crippen molar-refractivity contribution in [1.82, 2.24) is 16.0 Å². The molecule has 0 saturated heterocycles. The molecule has 0 heterocycles. The maximum atomic E-state index is 12.8. The van der Waals surface area contributed by atoms with Crippen molar-refractivity contribution in [1.29, 1.82) is 0 Å². The van der Waals surface area contributed by atoms with Crippen molar-refractivity contribution in [2.24, 2.45) is 5.73 Å². The third-order valence-corrected chi connectivity index (χ3v) is 4.84. The molecule has 1 aromatic carbocycles. The number of benzene rings is 1. The van der Waals surface area contributed by atoms with Gasteiger partial charge in [-0.25, -0.2) is 0 Å². The second-order valence-corrected chi connectivity index (χ2v) is 7.66. The summed E-state index contributed by atoms with van der Waals surface area (Å²) in [4.78, 5) is 48.1. The van der Waals surface area contributed by atoms with Gasteiger partial charge in [0, 0.05) is 6.42 Å². The molecule has 0 radical (unpaired) electrons. The predicted molar refractivity (Wildman–Crippen MR) is 114 cm³/mol. The maximum Gasteiger partial charge on any atom is 0.322 e. The average molecular weight is 457 g/mol. The highest BCUT2D eigenvalue weighted by Crippen LogP contribution is 2.12. The summed E-state index contributed by atoms with van der Waals surface area (Å²) in [7, 11) is 0. The smallest absolute Gasteiger partial charge is 0.322 e. The van der Waals surface area contributed by atoms with Crippen molar-refractivity contribution < 1.29 is 34.5 Å². The van der Waals surface area contributed by atoms with Gasteiger partial charge in [0.25, 0.3) is 0 Å². The minimum absolute atomic E-state index is 0.0246. The Balaban J connectivity index is 2.98. The fourth-order valence-corrected chi connectivity index (χ4v) is 2.97. The van der Waals surface area contributed by atoms with Crippen LogP contribution in [0.5, 0.6) is 5.75 Å². The second-order valence-electron chi connectivity index (χ2n) is 6.68. The van der Waals surface area contributed by atoms with E-state index in [1.807, 2.05) is 6.26 Å². The van der Waals surface area contributed by atoms with Crippen molar-refractivity contribution in [2.45, 2.75) is 31.0 Å². The number of aromatic hydroxyl groups is 1. The lowest BCUT2D eigenvalue weighted by atomic mass is 10.0. The van der Waals surface area contributed by atoms with E-state index in [1.165, 1.54) is 23.9 Å². The van der Waals surface area contributed by atoms with Crippen LogP contribution in [0, 0.1) is 0 Å². The summed E-state index contributed by atoms with van der Waals surface area (Å²) in [6.07, 6.45) is 2.10. The van der Waals surface area contributed by atoms with Crippen molar-refractivity contribution in [3.8, 4) is 5.75 Å². The number of hydrogen-bond donors (Lipinski definition) is 7. The highest BCUT2D eigenvalue weighted by atomic mass is 32.2. The molecule has 11 nitrogen and oxygen atoms in total. The first-order valence-electron chi connectivity index (χ1n) is 9.41. The Kier molecular flexibility index (Phi) is 11.4. The van der Waals surface area contributed by atoms with Crippen LogP contribution in [0.1, 0.15) is 12.0 Å². The summed E-state index contributed by atoms with van der Waals surface area (Å²) in [6, 6.07) is 2.63. The van der Waals surface area contributed by atoms with Crippen LogP contribution in [-0.4, -0.2) is 82.3 Å². The Morgan fingerprint density at radius 2 is 1.65 bits per heavy atom. The zero-order valence-corrected chi connectivity index (χ0v) is 17.9. The van der Waals surface area contributed by atoms with Crippen LogP contribution in [0.15, 0.2) is 24.3 Å². The molecular formula is C19H28N4O7S. The fourth-order valence-electron chi connectivity index (χ4n) is 2.50. The lowest BCUT2D eigenvalue weighted by Crippen LogP contribution is -2.57. The van der Waals surface area contributed by atoms with Gasteiger partial charge < -0.3 is 37.0 Å². The van der Waals surface area contributed by atoms with E-state index in [9.17, 15) is 24.3 Å². The van der Waals surface area contributed by atoms with E-state index in [0.717, 1.165) is 0 Å². The van der Waals surface area contributed by atoms with E-state index < -0.39 is 55.0 Å². The lowest BCUT2D eigenvalue weighted by molar-refractivity contribution is -0.138. The Morgan fingerprint density at radius 3 is 2.19 bits per heavy atom. The third kappa shape index (κ3) is 9.68. The first-order chi connectivity index (χ1) is 14.7. The number of aliphatic hydroxyl groups is 1. The predicted octanol–water partition coefficient (Wildman–Crippen LogP) is -1.82. The molecule has 12 heteroatoms. The molecule has 3 atom stereocenters. The second kappa shape index (κ2) is 13.5. The van der Waals surface area contributed by atoms with Gasteiger partial charge in [0.15, 0.2) is 0 Å². The van der Waals surface area contributed by atoms with E-state index in [2.05, 4.69) is 16.0 Å². The number of carboxylic acids is 1. The molecule has 0 fully saturated rings. The van der Waals surface area contributed by atoms with Crippen molar-refractivity contribution in [3.05, 3.63) is 29.8 Å². The van der Waals surface area contributed by atoms with E-state index in [4.69, 9.17) is 15.9 Å². The number of nitrogens with one attached hydrogen (secondary N) is 3. The molecule has 8 N–H and O–H groups in total. The standard InChI is InChI=1S/C19H28N4O7S/c1-31-7-6-14(22-17(28)13(20)10-24)19(30)23-15(18(29)21-9-16(26)27)8-11-2-4-12(25)5-3-11/h2-5,13-15,24-25H,6-10,20H2,1H3,(H,21,29)(H,22,28)(H,23,30)(H,26,27). The van der Waals surface area contributed by atoms with Gasteiger partial charge in [-0.1, -0.05) is 12.1 Å². The summed E-state index contributed by atoms with van der Waals surface area (Å²) in [5.74, 6) is -2.77. The summed E-state index contributed by atoms with van der Waals surface area (Å²) in [5.41, 5.74) is 6.10. The van der Waals surface area contributed by atoms with E-state index in [1.54, 1.807) is 12.1 Å².